The number of benzene rings is 1. The van der Waals surface area contributed by atoms with E-state index in [1.165, 1.54) is 0 Å². The zero-order valence-electron chi connectivity index (χ0n) is 10.3. The first kappa shape index (κ1) is 12.6. The van der Waals surface area contributed by atoms with Crippen molar-refractivity contribution in [3.05, 3.63) is 46.9 Å². The molecule has 18 heavy (non-hydrogen) atoms. The first-order valence-corrected chi connectivity index (χ1v) is 5.93. The van der Waals surface area contributed by atoms with Gasteiger partial charge in [0.05, 0.1) is 7.11 Å². The number of hydrogen-bond donors (Lipinski definition) is 1. The Labute approximate surface area is 111 Å². The fourth-order valence-electron chi connectivity index (χ4n) is 1.64. The second-order valence-electron chi connectivity index (χ2n) is 3.76. The number of methoxy groups -OCH3 is 1. The van der Waals surface area contributed by atoms with Gasteiger partial charge in [0.25, 0.3) is 0 Å². The number of nitrogens with zero attached hydrogens (tertiary/aromatic N) is 2. The van der Waals surface area contributed by atoms with Crippen molar-refractivity contribution >= 4 is 17.4 Å². The van der Waals surface area contributed by atoms with E-state index in [9.17, 15) is 0 Å². The summed E-state index contributed by atoms with van der Waals surface area (Å²) in [5.74, 6) is 2.26. The molecule has 1 aromatic heterocycles. The fourth-order valence-corrected chi connectivity index (χ4v) is 1.87. The van der Waals surface area contributed by atoms with Gasteiger partial charge in [-0.3, -0.25) is 0 Å². The normalized spacial score (nSPS) is 10.2. The lowest BCUT2D eigenvalue weighted by Crippen LogP contribution is -2.04. The van der Waals surface area contributed by atoms with Crippen molar-refractivity contribution < 1.29 is 4.74 Å². The minimum absolute atomic E-state index is 0.555. The quantitative estimate of drug-likeness (QED) is 0.921. The van der Waals surface area contributed by atoms with Crippen molar-refractivity contribution in [2.45, 2.75) is 13.5 Å². The number of nitrogens with one attached hydrogen (secondary N) is 1. The second-order valence-corrected chi connectivity index (χ2v) is 4.17. The van der Waals surface area contributed by atoms with Crippen molar-refractivity contribution in [3.8, 4) is 5.75 Å². The maximum atomic E-state index is 6.15. The molecule has 2 aromatic rings. The van der Waals surface area contributed by atoms with E-state index < -0.39 is 0 Å². The van der Waals surface area contributed by atoms with Crippen LogP contribution in [-0.2, 0) is 6.54 Å². The fraction of sp³-hybridized carbons (Fsp3) is 0.231. The third-order valence-electron chi connectivity index (χ3n) is 2.52. The molecule has 5 heteroatoms. The Bertz CT molecular complexity index is 546. The van der Waals surface area contributed by atoms with E-state index >= 15 is 0 Å². The number of halogens is 1. The maximum absolute atomic E-state index is 6.15. The van der Waals surface area contributed by atoms with Crippen molar-refractivity contribution in [2.24, 2.45) is 0 Å². The zero-order valence-corrected chi connectivity index (χ0v) is 11.0. The van der Waals surface area contributed by atoms with E-state index in [0.717, 1.165) is 23.0 Å². The molecule has 94 valence electrons. The largest absolute Gasteiger partial charge is 0.496 e. The standard InChI is InChI=1S/C13H14ClN3O/c1-9-15-7-6-13(17-9)16-8-10-11(14)4-3-5-12(10)18-2/h3-7H,8H2,1-2H3,(H,15,16,17). The van der Waals surface area contributed by atoms with E-state index in [-0.39, 0.29) is 0 Å². The highest BCUT2D eigenvalue weighted by atomic mass is 35.5. The third kappa shape index (κ3) is 2.90. The Kier molecular flexibility index (Phi) is 3.99. The molecule has 0 fully saturated rings. The molecule has 0 atom stereocenters. The molecule has 0 saturated heterocycles. The van der Waals surface area contributed by atoms with Crippen LogP contribution < -0.4 is 10.1 Å². The van der Waals surface area contributed by atoms with Gasteiger partial charge in [0.1, 0.15) is 17.4 Å². The van der Waals surface area contributed by atoms with Crippen molar-refractivity contribution in [3.63, 3.8) is 0 Å². The monoisotopic (exact) mass is 263 g/mol. The SMILES string of the molecule is COc1cccc(Cl)c1CNc1ccnc(C)n1. The van der Waals surface area contributed by atoms with E-state index in [1.807, 2.05) is 31.2 Å². The van der Waals surface area contributed by atoms with Crippen LogP contribution in [0.4, 0.5) is 5.82 Å². The lowest BCUT2D eigenvalue weighted by atomic mass is 10.2. The van der Waals surface area contributed by atoms with Crippen molar-refractivity contribution in [2.75, 3.05) is 12.4 Å². The van der Waals surface area contributed by atoms with Gasteiger partial charge in [0.15, 0.2) is 0 Å². The molecule has 0 bridgehead atoms. The number of ether oxygens (including phenoxy) is 1. The zero-order chi connectivity index (χ0) is 13.0. The van der Waals surface area contributed by atoms with Crippen LogP contribution >= 0.6 is 11.6 Å². The first-order valence-electron chi connectivity index (χ1n) is 5.55. The van der Waals surface area contributed by atoms with Gasteiger partial charge < -0.3 is 10.1 Å². The molecule has 1 aromatic carbocycles. The Morgan fingerprint density at radius 2 is 2.17 bits per heavy atom. The van der Waals surface area contributed by atoms with Gasteiger partial charge in [-0.2, -0.15) is 0 Å². The molecule has 1 heterocycles. The predicted octanol–water partition coefficient (Wildman–Crippen LogP) is 3.06. The Balaban J connectivity index is 2.15. The van der Waals surface area contributed by atoms with Crippen LogP contribution in [0.5, 0.6) is 5.75 Å². The van der Waals surface area contributed by atoms with Gasteiger partial charge in [0, 0.05) is 23.3 Å². The Morgan fingerprint density at radius 3 is 2.89 bits per heavy atom. The van der Waals surface area contributed by atoms with Crippen molar-refractivity contribution in [1.29, 1.82) is 0 Å². The van der Waals surface area contributed by atoms with Gasteiger partial charge in [-0.25, -0.2) is 9.97 Å². The van der Waals surface area contributed by atoms with Crippen molar-refractivity contribution in [1.82, 2.24) is 9.97 Å². The second kappa shape index (κ2) is 5.69. The lowest BCUT2D eigenvalue weighted by molar-refractivity contribution is 0.410. The summed E-state index contributed by atoms with van der Waals surface area (Å²) in [5, 5.41) is 3.88. The van der Waals surface area contributed by atoms with E-state index in [2.05, 4.69) is 15.3 Å². The number of aromatic nitrogens is 2. The number of aryl methyl sites for hydroxylation is 1. The van der Waals surface area contributed by atoms with Gasteiger partial charge in [0.2, 0.25) is 0 Å². The van der Waals surface area contributed by atoms with Gasteiger partial charge in [-0.05, 0) is 25.1 Å². The summed E-state index contributed by atoms with van der Waals surface area (Å²) in [7, 11) is 1.63. The number of anilines is 1. The van der Waals surface area contributed by atoms with Crippen LogP contribution in [0, 0.1) is 6.92 Å². The first-order chi connectivity index (χ1) is 8.70. The maximum Gasteiger partial charge on any atom is 0.129 e. The van der Waals surface area contributed by atoms with E-state index in [1.54, 1.807) is 13.3 Å². The van der Waals surface area contributed by atoms with Crippen LogP contribution in [0.25, 0.3) is 0 Å². The minimum Gasteiger partial charge on any atom is -0.496 e. The average Bonchev–Trinajstić information content (AvgIpc) is 2.37. The highest BCUT2D eigenvalue weighted by Crippen LogP contribution is 2.26. The predicted molar refractivity (Wildman–Crippen MR) is 72.1 cm³/mol. The van der Waals surface area contributed by atoms with Crippen LogP contribution in [0.1, 0.15) is 11.4 Å². The lowest BCUT2D eigenvalue weighted by Gasteiger charge is -2.11. The van der Waals surface area contributed by atoms with Gasteiger partial charge >= 0.3 is 0 Å². The smallest absolute Gasteiger partial charge is 0.129 e. The molecule has 0 saturated carbocycles. The molecule has 1 N–H and O–H groups in total. The summed E-state index contributed by atoms with van der Waals surface area (Å²) in [6, 6.07) is 7.40. The third-order valence-corrected chi connectivity index (χ3v) is 2.87. The molecule has 0 aliphatic heterocycles. The summed E-state index contributed by atoms with van der Waals surface area (Å²) in [6.07, 6.45) is 1.72. The van der Waals surface area contributed by atoms with Crippen LogP contribution in [0.3, 0.4) is 0 Å². The minimum atomic E-state index is 0.555. The molecule has 0 amide bonds. The summed E-state index contributed by atoms with van der Waals surface area (Å²) in [4.78, 5) is 8.31. The molecule has 0 unspecified atom stereocenters. The molecule has 0 aliphatic carbocycles. The number of hydrogen-bond acceptors (Lipinski definition) is 4. The van der Waals surface area contributed by atoms with Gasteiger partial charge in [-0.15, -0.1) is 0 Å². The summed E-state index contributed by atoms with van der Waals surface area (Å²) in [6.45, 7) is 2.40. The summed E-state index contributed by atoms with van der Waals surface area (Å²) in [5.41, 5.74) is 0.915. The Hall–Kier alpha value is -1.81. The molecule has 4 nitrogen and oxygen atoms in total. The molecular weight excluding hydrogens is 250 g/mol. The molecular formula is C13H14ClN3O. The summed E-state index contributed by atoms with van der Waals surface area (Å²) < 4.78 is 5.28. The van der Waals surface area contributed by atoms with Gasteiger partial charge in [-0.1, -0.05) is 17.7 Å². The van der Waals surface area contributed by atoms with Crippen LogP contribution in [0.2, 0.25) is 5.02 Å². The molecule has 0 radical (unpaired) electrons. The van der Waals surface area contributed by atoms with E-state index in [0.29, 0.717) is 11.6 Å². The number of rotatable bonds is 4. The highest BCUT2D eigenvalue weighted by Gasteiger charge is 2.07. The molecule has 0 spiro atoms. The van der Waals surface area contributed by atoms with Crippen LogP contribution in [-0.4, -0.2) is 17.1 Å². The van der Waals surface area contributed by atoms with E-state index in [4.69, 9.17) is 16.3 Å². The molecule has 2 rings (SSSR count). The summed E-state index contributed by atoms with van der Waals surface area (Å²) >= 11 is 6.15. The highest BCUT2D eigenvalue weighted by molar-refractivity contribution is 6.31. The average molecular weight is 264 g/mol. The van der Waals surface area contributed by atoms with Crippen LogP contribution in [0.15, 0.2) is 30.5 Å². The topological polar surface area (TPSA) is 47.0 Å². The molecule has 0 aliphatic rings. The Morgan fingerprint density at radius 1 is 1.33 bits per heavy atom.